The lowest BCUT2D eigenvalue weighted by Gasteiger charge is -2.25. The van der Waals surface area contributed by atoms with E-state index >= 15 is 0 Å². The van der Waals surface area contributed by atoms with Gasteiger partial charge >= 0.3 is 14.0 Å². The van der Waals surface area contributed by atoms with E-state index in [1.165, 1.54) is 7.11 Å². The summed E-state index contributed by atoms with van der Waals surface area (Å²) in [6.07, 6.45) is 3.01. The molecule has 2 aliphatic heterocycles. The number of benzene rings is 1. The first kappa shape index (κ1) is 27.6. The van der Waals surface area contributed by atoms with Crippen LogP contribution in [0.1, 0.15) is 32.3 Å². The lowest BCUT2D eigenvalue weighted by atomic mass is 10.0. The van der Waals surface area contributed by atoms with Gasteiger partial charge in [-0.2, -0.15) is 11.8 Å². The third-order valence-electron chi connectivity index (χ3n) is 5.24. The Labute approximate surface area is 206 Å². The summed E-state index contributed by atoms with van der Waals surface area (Å²) in [6, 6.07) is 4.85. The Kier molecular flexibility index (Phi) is 11.8. The van der Waals surface area contributed by atoms with Crippen molar-refractivity contribution in [3.63, 3.8) is 0 Å². The van der Waals surface area contributed by atoms with E-state index in [0.29, 0.717) is 12.4 Å². The van der Waals surface area contributed by atoms with Crippen LogP contribution in [-0.2, 0) is 30.2 Å². The lowest BCUT2D eigenvalue weighted by molar-refractivity contribution is -0.144. The predicted molar refractivity (Wildman–Crippen MR) is 132 cm³/mol. The lowest BCUT2D eigenvalue weighted by Crippen LogP contribution is -2.56. The number of rotatable bonds is 4. The van der Waals surface area contributed by atoms with E-state index in [0.717, 1.165) is 36.3 Å². The number of esters is 1. The second-order valence-corrected chi connectivity index (χ2v) is 9.35. The zero-order chi connectivity index (χ0) is 24.9. The van der Waals surface area contributed by atoms with Gasteiger partial charge in [0.15, 0.2) is 6.40 Å². The molecule has 1 aromatic rings. The Morgan fingerprint density at radius 1 is 1.21 bits per heavy atom. The van der Waals surface area contributed by atoms with Crippen molar-refractivity contribution in [1.82, 2.24) is 10.6 Å². The fourth-order valence-electron chi connectivity index (χ4n) is 3.32. The minimum Gasteiger partial charge on any atom is -0.560 e. The van der Waals surface area contributed by atoms with Crippen LogP contribution in [0, 0.1) is 5.92 Å². The van der Waals surface area contributed by atoms with Crippen molar-refractivity contribution in [2.75, 3.05) is 25.2 Å². The maximum Gasteiger partial charge on any atom is 0.375 e. The molecule has 2 amide bonds. The number of carbonyl (C=O) groups is 3. The fourth-order valence-corrected chi connectivity index (χ4v) is 4.35. The molecule has 2 aliphatic rings. The summed E-state index contributed by atoms with van der Waals surface area (Å²) in [4.78, 5) is 42.5. The Hall–Kier alpha value is -2.69. The number of carbonyl (C=O) groups excluding carboxylic acids is 3. The molecule has 2 N–H and O–H groups in total. The third kappa shape index (κ3) is 8.93. The summed E-state index contributed by atoms with van der Waals surface area (Å²) in [7, 11) is 6.34. The summed E-state index contributed by atoms with van der Waals surface area (Å²) in [6.45, 7) is 4.18. The minimum absolute atomic E-state index is 0.240. The Morgan fingerprint density at radius 3 is 2.59 bits per heavy atom. The first-order valence-corrected chi connectivity index (χ1v) is 12.4. The first-order chi connectivity index (χ1) is 16.3. The SMILES string of the molecule is [B]OC=N[C@H]1Cc2ccc(cc2)OCCCCSC[C@@H](C(=O)OC)NC(=O)[C@H](C(C)C)NC1=O. The molecule has 3 atom stereocenters. The fraction of sp³-hybridized carbons (Fsp3) is 0.565. The standard InChI is InChI=1S/C23H32BN3O6S/c1-15(2)20-22(29)26-19(23(30)31-3)13-34-11-5-4-10-32-17-8-6-16(7-9-17)12-18(21(28)27-20)25-14-33-24/h6-9,14-15,18-20H,4-5,10-13H2,1-3H3,(H,26,29)(H,27,28)/t18-,19-,20-/m0/s1. The summed E-state index contributed by atoms with van der Waals surface area (Å²) >= 11 is 1.55. The highest BCUT2D eigenvalue weighted by molar-refractivity contribution is 7.99. The molecule has 3 rings (SSSR count). The number of amides is 2. The topological polar surface area (TPSA) is 115 Å². The number of aliphatic imine (C=N–C) groups is 1. The summed E-state index contributed by atoms with van der Waals surface area (Å²) in [5.41, 5.74) is 0.854. The van der Waals surface area contributed by atoms with Crippen molar-refractivity contribution in [3.8, 4) is 5.75 Å². The van der Waals surface area contributed by atoms with E-state index in [1.807, 2.05) is 38.1 Å². The van der Waals surface area contributed by atoms with E-state index in [4.69, 9.17) is 17.5 Å². The molecule has 0 aromatic heterocycles. The Balaban J connectivity index is 2.28. The molecule has 0 saturated carbocycles. The van der Waals surface area contributed by atoms with Crippen LogP contribution in [-0.4, -0.2) is 75.6 Å². The van der Waals surface area contributed by atoms with Gasteiger partial charge in [-0.25, -0.2) is 9.79 Å². The van der Waals surface area contributed by atoms with Crippen molar-refractivity contribution < 1.29 is 28.5 Å². The third-order valence-corrected chi connectivity index (χ3v) is 6.39. The molecule has 2 heterocycles. The number of fused-ring (bicyclic) bond motifs is 16. The average Bonchev–Trinajstić information content (AvgIpc) is 2.83. The van der Waals surface area contributed by atoms with Crippen LogP contribution >= 0.6 is 11.8 Å². The van der Waals surface area contributed by atoms with Crippen molar-refractivity contribution in [3.05, 3.63) is 29.8 Å². The highest BCUT2D eigenvalue weighted by atomic mass is 32.2. The number of hydrogen-bond acceptors (Lipinski definition) is 8. The molecular weight excluding hydrogens is 457 g/mol. The number of nitrogens with zero attached hydrogens (tertiary/aromatic N) is 1. The monoisotopic (exact) mass is 489 g/mol. The van der Waals surface area contributed by atoms with Crippen LogP contribution in [0.4, 0.5) is 0 Å². The van der Waals surface area contributed by atoms with Gasteiger partial charge in [0.25, 0.3) is 0 Å². The summed E-state index contributed by atoms with van der Waals surface area (Å²) < 4.78 is 15.1. The van der Waals surface area contributed by atoms with Crippen molar-refractivity contribution in [1.29, 1.82) is 0 Å². The van der Waals surface area contributed by atoms with E-state index in [9.17, 15) is 14.4 Å². The average molecular weight is 489 g/mol. The van der Waals surface area contributed by atoms with E-state index in [2.05, 4.69) is 20.3 Å². The Bertz CT molecular complexity index is 836. The molecule has 9 nitrogen and oxygen atoms in total. The molecule has 184 valence electrons. The maximum absolute atomic E-state index is 13.1. The highest BCUT2D eigenvalue weighted by Gasteiger charge is 2.31. The second-order valence-electron chi connectivity index (χ2n) is 8.20. The molecule has 11 heteroatoms. The summed E-state index contributed by atoms with van der Waals surface area (Å²) in [5, 5.41) is 5.49. The molecular formula is C23H32BN3O6S. The van der Waals surface area contributed by atoms with Gasteiger partial charge in [0.05, 0.1) is 13.7 Å². The number of nitrogens with one attached hydrogen (secondary N) is 2. The molecule has 0 spiro atoms. The van der Waals surface area contributed by atoms with Gasteiger partial charge < -0.3 is 24.8 Å². The van der Waals surface area contributed by atoms with Gasteiger partial charge in [-0.15, -0.1) is 0 Å². The van der Waals surface area contributed by atoms with E-state index in [1.54, 1.807) is 11.8 Å². The number of thioether (sulfide) groups is 1. The van der Waals surface area contributed by atoms with Crippen LogP contribution in [0.3, 0.4) is 0 Å². The van der Waals surface area contributed by atoms with Gasteiger partial charge in [0, 0.05) is 12.2 Å². The molecule has 2 bridgehead atoms. The van der Waals surface area contributed by atoms with Gasteiger partial charge in [-0.3, -0.25) is 9.59 Å². The van der Waals surface area contributed by atoms with Gasteiger partial charge in [0.2, 0.25) is 11.8 Å². The van der Waals surface area contributed by atoms with Crippen LogP contribution in [0.25, 0.3) is 0 Å². The zero-order valence-corrected chi connectivity index (χ0v) is 20.6. The normalized spacial score (nSPS) is 23.2. The van der Waals surface area contributed by atoms with Gasteiger partial charge in [-0.1, -0.05) is 26.0 Å². The largest absolute Gasteiger partial charge is 0.560 e. The van der Waals surface area contributed by atoms with Gasteiger partial charge in [0.1, 0.15) is 23.9 Å². The maximum atomic E-state index is 13.1. The summed E-state index contributed by atoms with van der Waals surface area (Å²) in [5.74, 6) is 0.198. The molecule has 34 heavy (non-hydrogen) atoms. The quantitative estimate of drug-likeness (QED) is 0.285. The second kappa shape index (κ2) is 14.5. The molecule has 0 aliphatic carbocycles. The van der Waals surface area contributed by atoms with E-state index < -0.39 is 35.9 Å². The van der Waals surface area contributed by atoms with Crippen LogP contribution < -0.4 is 15.4 Å². The molecule has 2 radical (unpaired) electrons. The van der Waals surface area contributed by atoms with Crippen LogP contribution in [0.15, 0.2) is 29.3 Å². The van der Waals surface area contributed by atoms with Crippen molar-refractivity contribution in [2.45, 2.75) is 51.2 Å². The smallest absolute Gasteiger partial charge is 0.375 e. The molecule has 0 fully saturated rings. The number of hydrogen-bond donors (Lipinski definition) is 2. The highest BCUT2D eigenvalue weighted by Crippen LogP contribution is 2.16. The number of ether oxygens (including phenoxy) is 2. The van der Waals surface area contributed by atoms with Crippen LogP contribution in [0.5, 0.6) is 5.75 Å². The van der Waals surface area contributed by atoms with E-state index in [-0.39, 0.29) is 12.3 Å². The first-order valence-electron chi connectivity index (χ1n) is 11.2. The molecule has 1 aromatic carbocycles. The molecule has 0 saturated heterocycles. The number of methoxy groups -OCH3 is 1. The predicted octanol–water partition coefficient (Wildman–Crippen LogP) is 1.43. The Morgan fingerprint density at radius 2 is 1.94 bits per heavy atom. The zero-order valence-electron chi connectivity index (χ0n) is 19.8. The van der Waals surface area contributed by atoms with Crippen LogP contribution in [0.2, 0.25) is 0 Å². The van der Waals surface area contributed by atoms with Crippen molar-refractivity contribution in [2.24, 2.45) is 10.9 Å². The minimum atomic E-state index is -0.876. The molecule has 0 unspecified atom stereocenters. The van der Waals surface area contributed by atoms with Gasteiger partial charge in [-0.05, 0) is 42.2 Å². The van der Waals surface area contributed by atoms with Crippen molar-refractivity contribution >= 4 is 44.0 Å².